The van der Waals surface area contributed by atoms with Crippen molar-refractivity contribution in [3.8, 4) is 40.1 Å². The Hall–Kier alpha value is -4.93. The number of aliphatic carboxylic acids is 2. The van der Waals surface area contributed by atoms with Crippen molar-refractivity contribution in [1.29, 1.82) is 0 Å². The van der Waals surface area contributed by atoms with Crippen molar-refractivity contribution >= 4 is 22.9 Å². The lowest BCUT2D eigenvalue weighted by atomic mass is 9.98. The van der Waals surface area contributed by atoms with E-state index in [9.17, 15) is 75.7 Å². The molecule has 3 saturated heterocycles. The van der Waals surface area contributed by atoms with Gasteiger partial charge in [0.15, 0.2) is 36.3 Å². The monoisotopic (exact) mass is 844 g/mol. The van der Waals surface area contributed by atoms with Crippen molar-refractivity contribution in [2.45, 2.75) is 99.0 Å². The van der Waals surface area contributed by atoms with E-state index >= 15 is 0 Å². The Kier molecular flexibility index (Phi) is 12.8. The van der Waals surface area contributed by atoms with E-state index in [4.69, 9.17) is 42.7 Å². The molecule has 0 saturated carbocycles. The van der Waals surface area contributed by atoms with Gasteiger partial charge in [0.2, 0.25) is 23.8 Å². The number of aliphatic hydroxyl groups excluding tert-OH is 9. The SMILES string of the molecule is C[C@@H]1O[C@@H](OC[C@H]2O[C@@H](Oc3c(-c4ccc(O)c(O[C@@H]5O[C@H](C(=O)O)[C@@H](O)[C@H](O)[C@H]5O)c4)oc4cc(OCC(=O)O)cc(O)c4c3=O)[C@H](O)[C@@H](O)[C@@H]2O)[C@H](O)[C@H](O)[C@H]1O. The van der Waals surface area contributed by atoms with Crippen molar-refractivity contribution in [2.75, 3.05) is 13.2 Å². The first-order chi connectivity index (χ1) is 27.8. The number of phenols is 2. The molecule has 0 radical (unpaired) electrons. The van der Waals surface area contributed by atoms with Gasteiger partial charge in [0, 0.05) is 17.7 Å². The Morgan fingerprint density at radius 1 is 0.695 bits per heavy atom. The first kappa shape index (κ1) is 43.6. The summed E-state index contributed by atoms with van der Waals surface area (Å²) in [5.41, 5.74) is -1.91. The number of carboxylic acids is 2. The van der Waals surface area contributed by atoms with Crippen LogP contribution in [0.5, 0.6) is 28.7 Å². The van der Waals surface area contributed by atoms with Crippen molar-refractivity contribution in [1.82, 2.24) is 0 Å². The minimum atomic E-state index is -2.13. The van der Waals surface area contributed by atoms with Gasteiger partial charge in [-0.25, -0.2) is 9.59 Å². The highest BCUT2D eigenvalue weighted by molar-refractivity contribution is 5.88. The number of aromatic hydroxyl groups is 2. The third-order valence-electron chi connectivity index (χ3n) is 9.68. The second-order valence-corrected chi connectivity index (χ2v) is 13.8. The van der Waals surface area contributed by atoms with E-state index in [0.717, 1.165) is 30.3 Å². The first-order valence-corrected chi connectivity index (χ1v) is 17.6. The van der Waals surface area contributed by atoms with E-state index in [1.54, 1.807) is 0 Å². The average molecular weight is 845 g/mol. The molecule has 4 heterocycles. The smallest absolute Gasteiger partial charge is 0.341 e. The predicted octanol–water partition coefficient (Wildman–Crippen LogP) is -4.36. The van der Waals surface area contributed by atoms with Gasteiger partial charge in [-0.2, -0.15) is 0 Å². The number of hydrogen-bond acceptors (Lipinski definition) is 22. The highest BCUT2D eigenvalue weighted by Crippen LogP contribution is 2.41. The molecule has 0 amide bonds. The van der Waals surface area contributed by atoms with E-state index < -0.39 is 162 Å². The molecule has 3 aliphatic heterocycles. The quantitative estimate of drug-likeness (QED) is 0.0819. The van der Waals surface area contributed by atoms with Crippen LogP contribution in [-0.2, 0) is 28.5 Å². The predicted molar refractivity (Wildman–Crippen MR) is 185 cm³/mol. The molecule has 324 valence electrons. The van der Waals surface area contributed by atoms with Gasteiger partial charge in [0.05, 0.1) is 12.7 Å². The van der Waals surface area contributed by atoms with Gasteiger partial charge in [-0.3, -0.25) is 4.79 Å². The van der Waals surface area contributed by atoms with E-state index in [-0.39, 0.29) is 11.3 Å². The van der Waals surface area contributed by atoms with Crippen molar-refractivity contribution < 1.29 is 114 Å². The molecule has 24 nitrogen and oxygen atoms in total. The molecule has 0 unspecified atom stereocenters. The number of aliphatic hydroxyl groups is 9. The number of benzene rings is 2. The Balaban J connectivity index is 1.38. The molecule has 0 bridgehead atoms. The van der Waals surface area contributed by atoms with Crippen LogP contribution in [0.3, 0.4) is 0 Å². The Morgan fingerprint density at radius 2 is 1.32 bits per heavy atom. The van der Waals surface area contributed by atoms with Crippen molar-refractivity contribution in [2.24, 2.45) is 0 Å². The van der Waals surface area contributed by atoms with Crippen molar-refractivity contribution in [3.63, 3.8) is 0 Å². The number of carbonyl (C=O) groups is 2. The molecule has 1 aromatic heterocycles. The minimum Gasteiger partial charge on any atom is -0.507 e. The van der Waals surface area contributed by atoms with Crippen LogP contribution >= 0.6 is 0 Å². The zero-order chi connectivity index (χ0) is 43.2. The normalized spacial score (nSPS) is 34.9. The van der Waals surface area contributed by atoms with E-state index in [1.165, 1.54) is 6.92 Å². The summed E-state index contributed by atoms with van der Waals surface area (Å²) in [6.45, 7) is -0.223. The molecule has 0 spiro atoms. The Labute approximate surface area is 329 Å². The number of rotatable bonds is 12. The lowest BCUT2D eigenvalue weighted by Crippen LogP contribution is -2.61. The summed E-state index contributed by atoms with van der Waals surface area (Å²) in [4.78, 5) is 36.9. The Bertz CT molecular complexity index is 2070. The van der Waals surface area contributed by atoms with Crippen LogP contribution in [0.25, 0.3) is 22.3 Å². The van der Waals surface area contributed by atoms with Gasteiger partial charge >= 0.3 is 11.9 Å². The van der Waals surface area contributed by atoms with Gasteiger partial charge in [-0.05, 0) is 25.1 Å². The summed E-state index contributed by atoms with van der Waals surface area (Å²) in [5, 5.41) is 133. The number of fused-ring (bicyclic) bond motifs is 1. The average Bonchev–Trinajstić information content (AvgIpc) is 3.19. The van der Waals surface area contributed by atoms with Crippen LogP contribution in [0.15, 0.2) is 39.5 Å². The fraction of sp³-hybridized carbons (Fsp3) is 0.514. The maximum Gasteiger partial charge on any atom is 0.341 e. The second kappa shape index (κ2) is 17.3. The van der Waals surface area contributed by atoms with Crippen LogP contribution in [-0.4, -0.2) is 184 Å². The molecule has 3 aromatic rings. The van der Waals surface area contributed by atoms with Crippen molar-refractivity contribution in [3.05, 3.63) is 40.6 Å². The van der Waals surface area contributed by atoms with Crippen LogP contribution in [0.2, 0.25) is 0 Å². The summed E-state index contributed by atoms with van der Waals surface area (Å²) >= 11 is 0. The highest BCUT2D eigenvalue weighted by Gasteiger charge is 2.50. The summed E-state index contributed by atoms with van der Waals surface area (Å²) < 4.78 is 44.0. The van der Waals surface area contributed by atoms with Gasteiger partial charge in [-0.15, -0.1) is 0 Å². The Morgan fingerprint density at radius 3 is 1.98 bits per heavy atom. The van der Waals surface area contributed by atoms with Crippen LogP contribution in [0.4, 0.5) is 0 Å². The minimum absolute atomic E-state index is 0.257. The lowest BCUT2D eigenvalue weighted by molar-refractivity contribution is -0.318. The van der Waals surface area contributed by atoms with Crippen LogP contribution in [0, 0.1) is 0 Å². The molecule has 6 rings (SSSR count). The van der Waals surface area contributed by atoms with E-state index in [0.29, 0.717) is 0 Å². The standard InChI is InChI=1S/C35H40O24/c1-9-19(40)22(43)26(47)33(54-9)53-7-16-20(41)23(44)27(48)35(57-16)58-30-21(42)18-13(37)5-11(52-8-17(38)39)6-15(18)55-29(30)10-2-3-12(36)14(4-10)56-34-28(49)24(45)25(46)31(59-34)32(50)51/h2-6,9,16,19-20,22-28,31,33-37,40-41,43-49H,7-8H2,1H3,(H,38,39)(H,50,51)/t9-,16+,19-,20+,22+,23-,24-,25-,26+,27+,28+,31-,33+,34+,35-/m0/s1. The summed E-state index contributed by atoms with van der Waals surface area (Å²) in [6, 6.07) is 4.90. The molecule has 13 N–H and O–H groups in total. The molecule has 0 aliphatic carbocycles. The summed E-state index contributed by atoms with van der Waals surface area (Å²) in [6.07, 6.45) is -27.8. The molecular formula is C35H40O24. The number of ether oxygens (including phenoxy) is 7. The molecule has 3 fully saturated rings. The first-order valence-electron chi connectivity index (χ1n) is 17.6. The summed E-state index contributed by atoms with van der Waals surface area (Å²) in [7, 11) is 0. The fourth-order valence-electron chi connectivity index (χ4n) is 6.42. The van der Waals surface area contributed by atoms with Gasteiger partial charge in [0.25, 0.3) is 0 Å². The fourth-order valence-corrected chi connectivity index (χ4v) is 6.42. The third kappa shape index (κ3) is 8.71. The maximum absolute atomic E-state index is 14.2. The molecule has 24 heteroatoms. The zero-order valence-electron chi connectivity index (χ0n) is 30.3. The second-order valence-electron chi connectivity index (χ2n) is 13.8. The van der Waals surface area contributed by atoms with Gasteiger partial charge < -0.3 is 104 Å². The molecule has 3 aliphatic rings. The molecule has 2 aromatic carbocycles. The van der Waals surface area contributed by atoms with Crippen LogP contribution in [0.1, 0.15) is 6.92 Å². The number of hydrogen-bond donors (Lipinski definition) is 13. The van der Waals surface area contributed by atoms with Crippen LogP contribution < -0.4 is 19.6 Å². The van der Waals surface area contributed by atoms with E-state index in [2.05, 4.69) is 0 Å². The molecule has 15 atom stereocenters. The lowest BCUT2D eigenvalue weighted by Gasteiger charge is -2.42. The maximum atomic E-state index is 14.2. The largest absolute Gasteiger partial charge is 0.507 e. The van der Waals surface area contributed by atoms with E-state index in [1.807, 2.05) is 0 Å². The number of carboxylic acid groups (broad SMARTS) is 2. The summed E-state index contributed by atoms with van der Waals surface area (Å²) in [5.74, 6) is -7.05. The topological polar surface area (TPSA) is 392 Å². The molecular weight excluding hydrogens is 804 g/mol. The zero-order valence-corrected chi connectivity index (χ0v) is 30.3. The van der Waals surface area contributed by atoms with Gasteiger partial charge in [0.1, 0.15) is 83.5 Å². The third-order valence-corrected chi connectivity index (χ3v) is 9.68. The molecule has 59 heavy (non-hydrogen) atoms. The number of phenolic OH excluding ortho intramolecular Hbond substituents is 2. The highest BCUT2D eigenvalue weighted by atomic mass is 16.7. The van der Waals surface area contributed by atoms with Gasteiger partial charge in [-0.1, -0.05) is 0 Å².